The first-order valence-electron chi connectivity index (χ1n) is 5.92. The Bertz CT molecular complexity index is 572. The van der Waals surface area contributed by atoms with Crippen LogP contribution in [0.5, 0.6) is 5.75 Å². The minimum absolute atomic E-state index is 0.000123. The summed E-state index contributed by atoms with van der Waals surface area (Å²) in [6.45, 7) is 0. The maximum atomic E-state index is 6.26. The van der Waals surface area contributed by atoms with Crippen molar-refractivity contribution in [3.8, 4) is 5.75 Å². The van der Waals surface area contributed by atoms with Crippen molar-refractivity contribution in [2.24, 2.45) is 0 Å². The third-order valence-electron chi connectivity index (χ3n) is 3.01. The molecule has 19 heavy (non-hydrogen) atoms. The molecule has 0 amide bonds. The summed E-state index contributed by atoms with van der Waals surface area (Å²) in [5, 5.41) is 4.59. The highest BCUT2D eigenvalue weighted by molar-refractivity contribution is 6.32. The summed E-state index contributed by atoms with van der Waals surface area (Å²) >= 11 is 12.3. The second-order valence-electron chi connectivity index (χ2n) is 4.14. The van der Waals surface area contributed by atoms with Gasteiger partial charge in [0.05, 0.1) is 18.2 Å². The van der Waals surface area contributed by atoms with Crippen molar-refractivity contribution in [2.75, 3.05) is 14.2 Å². The molecule has 1 unspecified atom stereocenters. The topological polar surface area (TPSA) is 21.3 Å². The van der Waals surface area contributed by atoms with E-state index in [0.29, 0.717) is 10.8 Å². The second-order valence-corrected chi connectivity index (χ2v) is 4.95. The van der Waals surface area contributed by atoms with Crippen LogP contribution in [-0.2, 0) is 0 Å². The van der Waals surface area contributed by atoms with Crippen molar-refractivity contribution in [3.05, 3.63) is 63.6 Å². The van der Waals surface area contributed by atoms with E-state index in [1.807, 2.05) is 49.5 Å². The molecule has 2 aromatic carbocycles. The number of ether oxygens (including phenoxy) is 1. The Labute approximate surface area is 123 Å². The van der Waals surface area contributed by atoms with Gasteiger partial charge in [0, 0.05) is 5.02 Å². The smallest absolute Gasteiger partial charge is 0.137 e. The van der Waals surface area contributed by atoms with Gasteiger partial charge in [0.1, 0.15) is 5.75 Å². The van der Waals surface area contributed by atoms with E-state index in [0.717, 1.165) is 16.1 Å². The average molecular weight is 296 g/mol. The lowest BCUT2D eigenvalue weighted by atomic mass is 9.98. The molecule has 2 rings (SSSR count). The van der Waals surface area contributed by atoms with Gasteiger partial charge in [0.15, 0.2) is 0 Å². The molecule has 2 aromatic rings. The maximum Gasteiger partial charge on any atom is 0.137 e. The van der Waals surface area contributed by atoms with Gasteiger partial charge in [-0.2, -0.15) is 0 Å². The summed E-state index contributed by atoms with van der Waals surface area (Å²) in [5.74, 6) is 0.659. The summed E-state index contributed by atoms with van der Waals surface area (Å²) < 4.78 is 5.25. The minimum atomic E-state index is -0.000123. The van der Waals surface area contributed by atoms with Crippen LogP contribution in [0.3, 0.4) is 0 Å². The quantitative estimate of drug-likeness (QED) is 0.907. The normalized spacial score (nSPS) is 12.2. The van der Waals surface area contributed by atoms with Crippen molar-refractivity contribution in [2.45, 2.75) is 6.04 Å². The number of hydrogen-bond donors (Lipinski definition) is 1. The van der Waals surface area contributed by atoms with Crippen LogP contribution in [0.15, 0.2) is 42.5 Å². The second kappa shape index (κ2) is 6.29. The predicted molar refractivity (Wildman–Crippen MR) is 80.4 cm³/mol. The standard InChI is InChI=1S/C15H15Cl2NO/c1-18-15(11-5-3-4-6-12(11)16)10-7-8-13(17)14(9-10)19-2/h3-9,15,18H,1-2H3. The molecular weight excluding hydrogens is 281 g/mol. The Morgan fingerprint density at radius 3 is 2.42 bits per heavy atom. The first kappa shape index (κ1) is 14.2. The van der Waals surface area contributed by atoms with E-state index in [1.165, 1.54) is 0 Å². The molecule has 0 radical (unpaired) electrons. The minimum Gasteiger partial charge on any atom is -0.495 e. The summed E-state index contributed by atoms with van der Waals surface area (Å²) in [6.07, 6.45) is 0. The zero-order valence-corrected chi connectivity index (χ0v) is 12.3. The predicted octanol–water partition coefficient (Wildman–Crippen LogP) is 4.31. The van der Waals surface area contributed by atoms with Gasteiger partial charge in [-0.15, -0.1) is 0 Å². The SMILES string of the molecule is CNC(c1ccc(Cl)c(OC)c1)c1ccccc1Cl. The van der Waals surface area contributed by atoms with Gasteiger partial charge < -0.3 is 10.1 Å². The lowest BCUT2D eigenvalue weighted by Crippen LogP contribution is -2.18. The molecule has 0 spiro atoms. The molecule has 0 aliphatic carbocycles. The zero-order valence-electron chi connectivity index (χ0n) is 10.8. The lowest BCUT2D eigenvalue weighted by Gasteiger charge is -2.19. The van der Waals surface area contributed by atoms with Gasteiger partial charge in [-0.25, -0.2) is 0 Å². The molecule has 0 aromatic heterocycles. The highest BCUT2D eigenvalue weighted by atomic mass is 35.5. The van der Waals surface area contributed by atoms with Gasteiger partial charge in [0.25, 0.3) is 0 Å². The van der Waals surface area contributed by atoms with Gasteiger partial charge in [-0.1, -0.05) is 47.5 Å². The molecule has 0 bridgehead atoms. The van der Waals surface area contributed by atoms with Gasteiger partial charge in [-0.05, 0) is 36.4 Å². The Balaban J connectivity index is 2.45. The third kappa shape index (κ3) is 3.03. The van der Waals surface area contributed by atoms with E-state index in [2.05, 4.69) is 5.32 Å². The number of rotatable bonds is 4. The van der Waals surface area contributed by atoms with Crippen LogP contribution in [0.25, 0.3) is 0 Å². The highest BCUT2D eigenvalue weighted by Crippen LogP contribution is 2.32. The molecule has 0 heterocycles. The molecule has 4 heteroatoms. The van der Waals surface area contributed by atoms with Crippen molar-refractivity contribution in [1.29, 1.82) is 0 Å². The fourth-order valence-electron chi connectivity index (χ4n) is 2.07. The van der Waals surface area contributed by atoms with Crippen LogP contribution >= 0.6 is 23.2 Å². The van der Waals surface area contributed by atoms with Crippen LogP contribution in [0.4, 0.5) is 0 Å². The van der Waals surface area contributed by atoms with Crippen molar-refractivity contribution >= 4 is 23.2 Å². The van der Waals surface area contributed by atoms with Gasteiger partial charge in [-0.3, -0.25) is 0 Å². The van der Waals surface area contributed by atoms with Crippen molar-refractivity contribution in [1.82, 2.24) is 5.32 Å². The number of methoxy groups -OCH3 is 1. The molecule has 0 aliphatic heterocycles. The van der Waals surface area contributed by atoms with Gasteiger partial charge >= 0.3 is 0 Å². The van der Waals surface area contributed by atoms with E-state index in [4.69, 9.17) is 27.9 Å². The Morgan fingerprint density at radius 1 is 1.05 bits per heavy atom. The Morgan fingerprint density at radius 2 is 1.79 bits per heavy atom. The number of hydrogen-bond acceptors (Lipinski definition) is 2. The zero-order chi connectivity index (χ0) is 13.8. The molecule has 0 saturated carbocycles. The van der Waals surface area contributed by atoms with Crippen molar-refractivity contribution in [3.63, 3.8) is 0 Å². The van der Waals surface area contributed by atoms with E-state index >= 15 is 0 Å². The molecule has 0 fully saturated rings. The molecule has 100 valence electrons. The molecule has 0 saturated heterocycles. The third-order valence-corrected chi connectivity index (χ3v) is 3.67. The monoisotopic (exact) mass is 295 g/mol. The lowest BCUT2D eigenvalue weighted by molar-refractivity contribution is 0.414. The van der Waals surface area contributed by atoms with Crippen molar-refractivity contribution < 1.29 is 4.74 Å². The van der Waals surface area contributed by atoms with Crippen LogP contribution in [0.2, 0.25) is 10.0 Å². The molecule has 2 nitrogen and oxygen atoms in total. The fraction of sp³-hybridized carbons (Fsp3) is 0.200. The molecular formula is C15H15Cl2NO. The summed E-state index contributed by atoms with van der Waals surface area (Å²) in [5.41, 5.74) is 2.08. The van der Waals surface area contributed by atoms with E-state index in [1.54, 1.807) is 7.11 Å². The largest absolute Gasteiger partial charge is 0.495 e. The molecule has 1 N–H and O–H groups in total. The molecule has 1 atom stereocenters. The average Bonchev–Trinajstić information content (AvgIpc) is 2.43. The maximum absolute atomic E-state index is 6.26. The summed E-state index contributed by atoms with van der Waals surface area (Å²) in [6, 6.07) is 13.5. The van der Waals surface area contributed by atoms with Crippen LogP contribution in [-0.4, -0.2) is 14.2 Å². The number of halogens is 2. The van der Waals surface area contributed by atoms with Crippen LogP contribution in [0.1, 0.15) is 17.2 Å². The number of benzene rings is 2. The summed E-state index contributed by atoms with van der Waals surface area (Å²) in [4.78, 5) is 0. The number of nitrogens with one attached hydrogen (secondary N) is 1. The Kier molecular flexibility index (Phi) is 4.70. The van der Waals surface area contributed by atoms with E-state index in [9.17, 15) is 0 Å². The van der Waals surface area contributed by atoms with Crippen LogP contribution < -0.4 is 10.1 Å². The molecule has 0 aliphatic rings. The van der Waals surface area contributed by atoms with Gasteiger partial charge in [0.2, 0.25) is 0 Å². The Hall–Kier alpha value is -1.22. The van der Waals surface area contributed by atoms with E-state index in [-0.39, 0.29) is 6.04 Å². The van der Waals surface area contributed by atoms with E-state index < -0.39 is 0 Å². The first-order valence-corrected chi connectivity index (χ1v) is 6.68. The summed E-state index contributed by atoms with van der Waals surface area (Å²) in [7, 11) is 3.50. The highest BCUT2D eigenvalue weighted by Gasteiger charge is 2.16. The fourth-order valence-corrected chi connectivity index (χ4v) is 2.51. The first-order chi connectivity index (χ1) is 9.17. The van der Waals surface area contributed by atoms with Crippen LogP contribution in [0, 0.1) is 0 Å².